The van der Waals surface area contributed by atoms with Gasteiger partial charge in [-0.15, -0.1) is 0 Å². The van der Waals surface area contributed by atoms with Crippen LogP contribution in [0.2, 0.25) is 0 Å². The van der Waals surface area contributed by atoms with Crippen LogP contribution in [0.25, 0.3) is 0 Å². The van der Waals surface area contributed by atoms with Crippen molar-refractivity contribution in [2.75, 3.05) is 7.11 Å². The van der Waals surface area contributed by atoms with Crippen molar-refractivity contribution >= 4 is 15.9 Å². The van der Waals surface area contributed by atoms with E-state index >= 15 is 0 Å². The molecule has 0 spiro atoms. The van der Waals surface area contributed by atoms with Gasteiger partial charge < -0.3 is 10.5 Å². The van der Waals surface area contributed by atoms with Crippen molar-refractivity contribution in [2.45, 2.75) is 32.7 Å². The molecule has 0 saturated heterocycles. The van der Waals surface area contributed by atoms with Gasteiger partial charge in [0.05, 0.1) is 7.11 Å². The summed E-state index contributed by atoms with van der Waals surface area (Å²) in [6.07, 6.45) is 2.15. The number of nitrogens with two attached hydrogens (primary N) is 1. The van der Waals surface area contributed by atoms with E-state index in [9.17, 15) is 0 Å². The molecule has 16 heavy (non-hydrogen) atoms. The van der Waals surface area contributed by atoms with Crippen LogP contribution in [0, 0.1) is 5.92 Å². The summed E-state index contributed by atoms with van der Waals surface area (Å²) in [4.78, 5) is 0. The zero-order chi connectivity index (χ0) is 12.1. The Kier molecular flexibility index (Phi) is 5.29. The number of halogens is 1. The highest BCUT2D eigenvalue weighted by molar-refractivity contribution is 9.10. The van der Waals surface area contributed by atoms with Crippen LogP contribution in [0.15, 0.2) is 22.7 Å². The Morgan fingerprint density at radius 1 is 1.31 bits per heavy atom. The molecule has 0 heterocycles. The third kappa shape index (κ3) is 3.80. The number of rotatable bonds is 5. The topological polar surface area (TPSA) is 35.2 Å². The first-order valence-electron chi connectivity index (χ1n) is 5.63. The fraction of sp³-hybridized carbons (Fsp3) is 0.538. The SMILES string of the molecule is COc1ccc(Br)c([C@H](N)CCC(C)C)c1. The predicted molar refractivity (Wildman–Crippen MR) is 71.7 cm³/mol. The van der Waals surface area contributed by atoms with Crippen LogP contribution in [0.4, 0.5) is 0 Å². The highest BCUT2D eigenvalue weighted by Gasteiger charge is 2.11. The second-order valence-electron chi connectivity index (χ2n) is 4.47. The van der Waals surface area contributed by atoms with Gasteiger partial charge in [0.1, 0.15) is 5.75 Å². The second-order valence-corrected chi connectivity index (χ2v) is 5.32. The average Bonchev–Trinajstić information content (AvgIpc) is 2.26. The summed E-state index contributed by atoms with van der Waals surface area (Å²) < 4.78 is 6.27. The lowest BCUT2D eigenvalue weighted by molar-refractivity contribution is 0.413. The van der Waals surface area contributed by atoms with Crippen molar-refractivity contribution < 1.29 is 4.74 Å². The van der Waals surface area contributed by atoms with Crippen molar-refractivity contribution in [3.63, 3.8) is 0 Å². The van der Waals surface area contributed by atoms with E-state index in [1.807, 2.05) is 18.2 Å². The molecule has 90 valence electrons. The van der Waals surface area contributed by atoms with Crippen LogP contribution in [-0.2, 0) is 0 Å². The maximum absolute atomic E-state index is 6.18. The van der Waals surface area contributed by atoms with Gasteiger partial charge in [-0.2, -0.15) is 0 Å². The zero-order valence-electron chi connectivity index (χ0n) is 10.2. The quantitative estimate of drug-likeness (QED) is 0.891. The normalized spacial score (nSPS) is 12.9. The highest BCUT2D eigenvalue weighted by Crippen LogP contribution is 2.29. The largest absolute Gasteiger partial charge is 0.497 e. The molecule has 0 amide bonds. The standard InChI is InChI=1S/C13H20BrNO/c1-9(2)4-7-13(15)11-8-10(16-3)5-6-12(11)14/h5-6,8-9,13H,4,7,15H2,1-3H3/t13-/m1/s1. The van der Waals surface area contributed by atoms with E-state index in [1.165, 1.54) is 0 Å². The van der Waals surface area contributed by atoms with Crippen LogP contribution in [0.5, 0.6) is 5.75 Å². The Labute approximate surface area is 106 Å². The van der Waals surface area contributed by atoms with Gasteiger partial charge in [0.15, 0.2) is 0 Å². The zero-order valence-corrected chi connectivity index (χ0v) is 11.8. The summed E-state index contributed by atoms with van der Waals surface area (Å²) >= 11 is 3.53. The maximum atomic E-state index is 6.18. The minimum absolute atomic E-state index is 0.0758. The molecule has 3 heteroatoms. The van der Waals surface area contributed by atoms with Crippen LogP contribution in [0.3, 0.4) is 0 Å². The summed E-state index contributed by atoms with van der Waals surface area (Å²) in [5, 5.41) is 0. The molecule has 1 atom stereocenters. The van der Waals surface area contributed by atoms with Crippen LogP contribution >= 0.6 is 15.9 Å². The van der Waals surface area contributed by atoms with E-state index in [0.717, 1.165) is 28.6 Å². The van der Waals surface area contributed by atoms with Crippen LogP contribution in [0.1, 0.15) is 38.3 Å². The van der Waals surface area contributed by atoms with Gasteiger partial charge in [0.2, 0.25) is 0 Å². The minimum atomic E-state index is 0.0758. The monoisotopic (exact) mass is 285 g/mol. The Bertz CT molecular complexity index is 339. The van der Waals surface area contributed by atoms with E-state index in [2.05, 4.69) is 29.8 Å². The molecule has 0 unspecified atom stereocenters. The predicted octanol–water partition coefficient (Wildman–Crippen LogP) is 3.89. The number of methoxy groups -OCH3 is 1. The van der Waals surface area contributed by atoms with Gasteiger partial charge >= 0.3 is 0 Å². The van der Waals surface area contributed by atoms with Crippen molar-refractivity contribution in [1.29, 1.82) is 0 Å². The lowest BCUT2D eigenvalue weighted by atomic mass is 9.98. The third-order valence-corrected chi connectivity index (χ3v) is 3.38. The van der Waals surface area contributed by atoms with Gasteiger partial charge in [-0.25, -0.2) is 0 Å². The lowest BCUT2D eigenvalue weighted by Gasteiger charge is -2.16. The van der Waals surface area contributed by atoms with Crippen molar-refractivity contribution in [3.05, 3.63) is 28.2 Å². The van der Waals surface area contributed by atoms with E-state index in [1.54, 1.807) is 7.11 Å². The molecule has 0 saturated carbocycles. The van der Waals surface area contributed by atoms with Crippen molar-refractivity contribution in [2.24, 2.45) is 11.7 Å². The molecule has 1 aromatic rings. The van der Waals surface area contributed by atoms with Crippen LogP contribution in [-0.4, -0.2) is 7.11 Å². The molecular formula is C13H20BrNO. The van der Waals surface area contributed by atoms with E-state index in [0.29, 0.717) is 5.92 Å². The molecule has 2 nitrogen and oxygen atoms in total. The Morgan fingerprint density at radius 3 is 2.56 bits per heavy atom. The minimum Gasteiger partial charge on any atom is -0.497 e. The average molecular weight is 286 g/mol. The summed E-state index contributed by atoms with van der Waals surface area (Å²) in [7, 11) is 1.67. The lowest BCUT2D eigenvalue weighted by Crippen LogP contribution is -2.12. The summed E-state index contributed by atoms with van der Waals surface area (Å²) in [6, 6.07) is 6.01. The fourth-order valence-electron chi connectivity index (χ4n) is 1.60. The molecule has 1 rings (SSSR count). The molecule has 0 aliphatic carbocycles. The fourth-order valence-corrected chi connectivity index (χ4v) is 2.14. The summed E-state index contributed by atoms with van der Waals surface area (Å²) in [5.41, 5.74) is 7.31. The molecule has 0 aliphatic heterocycles. The second kappa shape index (κ2) is 6.26. The third-order valence-electron chi connectivity index (χ3n) is 2.66. The summed E-state index contributed by atoms with van der Waals surface area (Å²) in [5.74, 6) is 1.55. The first-order valence-corrected chi connectivity index (χ1v) is 6.43. The maximum Gasteiger partial charge on any atom is 0.119 e. The van der Waals surface area contributed by atoms with Crippen molar-refractivity contribution in [1.82, 2.24) is 0 Å². The number of ether oxygens (including phenoxy) is 1. The molecule has 0 fully saturated rings. The van der Waals surface area contributed by atoms with Gasteiger partial charge in [-0.3, -0.25) is 0 Å². The molecule has 0 bridgehead atoms. The molecular weight excluding hydrogens is 266 g/mol. The molecule has 0 radical (unpaired) electrons. The molecule has 0 aromatic heterocycles. The first-order chi connectivity index (χ1) is 7.54. The molecule has 0 aliphatic rings. The number of benzene rings is 1. The van der Waals surface area contributed by atoms with Crippen molar-refractivity contribution in [3.8, 4) is 5.75 Å². The highest BCUT2D eigenvalue weighted by atomic mass is 79.9. The van der Waals surface area contributed by atoms with Gasteiger partial charge in [-0.1, -0.05) is 29.8 Å². The van der Waals surface area contributed by atoms with E-state index in [4.69, 9.17) is 10.5 Å². The van der Waals surface area contributed by atoms with Crippen LogP contribution < -0.4 is 10.5 Å². The molecule has 1 aromatic carbocycles. The van der Waals surface area contributed by atoms with Gasteiger partial charge in [0, 0.05) is 10.5 Å². The summed E-state index contributed by atoms with van der Waals surface area (Å²) in [6.45, 7) is 4.43. The first kappa shape index (κ1) is 13.5. The van der Waals surface area contributed by atoms with Gasteiger partial charge in [-0.05, 0) is 42.5 Å². The van der Waals surface area contributed by atoms with Gasteiger partial charge in [0.25, 0.3) is 0 Å². The Balaban J connectivity index is 2.76. The Morgan fingerprint density at radius 2 is 2.00 bits per heavy atom. The van der Waals surface area contributed by atoms with E-state index in [-0.39, 0.29) is 6.04 Å². The van der Waals surface area contributed by atoms with E-state index < -0.39 is 0 Å². The Hall–Kier alpha value is -0.540. The smallest absolute Gasteiger partial charge is 0.119 e. The molecule has 2 N–H and O–H groups in total. The number of hydrogen-bond donors (Lipinski definition) is 1. The number of hydrogen-bond acceptors (Lipinski definition) is 2.